The third-order valence-corrected chi connectivity index (χ3v) is 3.52. The Morgan fingerprint density at radius 2 is 2.22 bits per heavy atom. The summed E-state index contributed by atoms with van der Waals surface area (Å²) in [5, 5.41) is 7.99. The minimum atomic E-state index is 0.0538. The molecule has 3 rings (SSSR count). The van der Waals surface area contributed by atoms with E-state index in [1.807, 2.05) is 16.8 Å². The zero-order chi connectivity index (χ0) is 12.8. The van der Waals surface area contributed by atoms with E-state index in [0.29, 0.717) is 0 Å². The molecular weight excluding hydrogens is 226 g/mol. The molecule has 2 aromatic rings. The van der Waals surface area contributed by atoms with E-state index in [9.17, 15) is 0 Å². The van der Waals surface area contributed by atoms with Crippen molar-refractivity contribution in [3.05, 3.63) is 23.9 Å². The number of hydrogen-bond donors (Lipinski definition) is 1. The minimum absolute atomic E-state index is 0.0538. The maximum Gasteiger partial charge on any atom is 0.246 e. The quantitative estimate of drug-likeness (QED) is 0.820. The Morgan fingerprint density at radius 1 is 1.39 bits per heavy atom. The SMILES string of the molecule is Cc1ccn2nc(N3CCNCC3(C)C)nc2c1. The molecule has 0 bridgehead atoms. The second-order valence-electron chi connectivity index (χ2n) is 5.56. The largest absolute Gasteiger partial charge is 0.332 e. The first kappa shape index (κ1) is 11.5. The molecule has 2 aromatic heterocycles. The second kappa shape index (κ2) is 3.95. The highest BCUT2D eigenvalue weighted by atomic mass is 15.4. The van der Waals surface area contributed by atoms with Crippen LogP contribution in [0.15, 0.2) is 18.3 Å². The van der Waals surface area contributed by atoms with E-state index in [4.69, 9.17) is 0 Å². The number of anilines is 1. The maximum absolute atomic E-state index is 4.64. The Labute approximate surface area is 107 Å². The van der Waals surface area contributed by atoms with Gasteiger partial charge >= 0.3 is 0 Å². The van der Waals surface area contributed by atoms with Gasteiger partial charge < -0.3 is 10.2 Å². The van der Waals surface area contributed by atoms with Gasteiger partial charge in [-0.2, -0.15) is 4.98 Å². The first-order valence-electron chi connectivity index (χ1n) is 6.38. The van der Waals surface area contributed by atoms with Crippen LogP contribution >= 0.6 is 0 Å². The van der Waals surface area contributed by atoms with E-state index in [0.717, 1.165) is 31.2 Å². The third kappa shape index (κ3) is 1.84. The lowest BCUT2D eigenvalue weighted by Gasteiger charge is -2.42. The van der Waals surface area contributed by atoms with Crippen LogP contribution in [0.3, 0.4) is 0 Å². The second-order valence-corrected chi connectivity index (χ2v) is 5.56. The number of rotatable bonds is 1. The average Bonchev–Trinajstić information content (AvgIpc) is 2.70. The van der Waals surface area contributed by atoms with Crippen LogP contribution in [0.1, 0.15) is 19.4 Å². The average molecular weight is 245 g/mol. The third-order valence-electron chi connectivity index (χ3n) is 3.52. The summed E-state index contributed by atoms with van der Waals surface area (Å²) in [6, 6.07) is 4.11. The van der Waals surface area contributed by atoms with Crippen LogP contribution in [0.2, 0.25) is 0 Å². The van der Waals surface area contributed by atoms with Crippen LogP contribution in [-0.2, 0) is 0 Å². The lowest BCUT2D eigenvalue weighted by Crippen LogP contribution is -2.58. The van der Waals surface area contributed by atoms with Crippen LogP contribution in [0, 0.1) is 6.92 Å². The van der Waals surface area contributed by atoms with Crippen molar-refractivity contribution in [3.63, 3.8) is 0 Å². The molecule has 1 N–H and O–H groups in total. The van der Waals surface area contributed by atoms with Crippen molar-refractivity contribution >= 4 is 11.6 Å². The van der Waals surface area contributed by atoms with Gasteiger partial charge in [-0.05, 0) is 38.5 Å². The summed E-state index contributed by atoms with van der Waals surface area (Å²) in [6.07, 6.45) is 1.97. The van der Waals surface area contributed by atoms with Crippen molar-refractivity contribution < 1.29 is 0 Å². The maximum atomic E-state index is 4.64. The summed E-state index contributed by atoms with van der Waals surface area (Å²) in [5.74, 6) is 0.826. The van der Waals surface area contributed by atoms with E-state index >= 15 is 0 Å². The highest BCUT2D eigenvalue weighted by Crippen LogP contribution is 2.22. The van der Waals surface area contributed by atoms with E-state index in [1.165, 1.54) is 5.56 Å². The standard InChI is InChI=1S/C13H19N5/c1-10-4-6-18-11(8-10)15-12(16-18)17-7-5-14-9-13(17,2)3/h4,6,8,14H,5,7,9H2,1-3H3. The van der Waals surface area contributed by atoms with Crippen LogP contribution in [0.25, 0.3) is 5.65 Å². The number of nitrogens with zero attached hydrogens (tertiary/aromatic N) is 4. The zero-order valence-electron chi connectivity index (χ0n) is 11.1. The number of fused-ring (bicyclic) bond motifs is 1. The highest BCUT2D eigenvalue weighted by molar-refractivity contribution is 5.48. The van der Waals surface area contributed by atoms with Gasteiger partial charge in [0, 0.05) is 31.4 Å². The zero-order valence-corrected chi connectivity index (χ0v) is 11.1. The number of pyridine rings is 1. The van der Waals surface area contributed by atoms with E-state index < -0.39 is 0 Å². The number of aromatic nitrogens is 3. The summed E-state index contributed by atoms with van der Waals surface area (Å²) in [5.41, 5.74) is 2.18. The van der Waals surface area contributed by atoms with Gasteiger partial charge in [-0.3, -0.25) is 0 Å². The molecule has 0 radical (unpaired) electrons. The van der Waals surface area contributed by atoms with Crippen molar-refractivity contribution in [2.75, 3.05) is 24.5 Å². The van der Waals surface area contributed by atoms with E-state index in [-0.39, 0.29) is 5.54 Å². The van der Waals surface area contributed by atoms with E-state index in [2.05, 4.69) is 47.1 Å². The number of hydrogen-bond acceptors (Lipinski definition) is 4. The molecule has 0 amide bonds. The van der Waals surface area contributed by atoms with Gasteiger partial charge in [0.2, 0.25) is 5.95 Å². The van der Waals surface area contributed by atoms with Gasteiger partial charge in [-0.1, -0.05) is 0 Å². The Morgan fingerprint density at radius 3 is 3.00 bits per heavy atom. The molecule has 96 valence electrons. The number of aryl methyl sites for hydroxylation is 1. The first-order valence-corrected chi connectivity index (χ1v) is 6.38. The first-order chi connectivity index (χ1) is 8.56. The van der Waals surface area contributed by atoms with Crippen LogP contribution in [0.4, 0.5) is 5.95 Å². The fourth-order valence-electron chi connectivity index (χ4n) is 2.44. The topological polar surface area (TPSA) is 45.5 Å². The van der Waals surface area contributed by atoms with Crippen molar-refractivity contribution in [3.8, 4) is 0 Å². The molecule has 0 atom stereocenters. The normalized spacial score (nSPS) is 19.4. The summed E-state index contributed by atoms with van der Waals surface area (Å²) in [4.78, 5) is 6.93. The van der Waals surface area contributed by atoms with Gasteiger partial charge in [0.1, 0.15) is 0 Å². The minimum Gasteiger partial charge on any atom is -0.332 e. The fourth-order valence-corrected chi connectivity index (χ4v) is 2.44. The molecule has 5 nitrogen and oxygen atoms in total. The van der Waals surface area contributed by atoms with Crippen molar-refractivity contribution in [2.45, 2.75) is 26.3 Å². The smallest absolute Gasteiger partial charge is 0.246 e. The molecular formula is C13H19N5. The summed E-state index contributed by atoms with van der Waals surface area (Å²) < 4.78 is 1.85. The lowest BCUT2D eigenvalue weighted by molar-refractivity contribution is 0.375. The predicted molar refractivity (Wildman–Crippen MR) is 72.0 cm³/mol. The highest BCUT2D eigenvalue weighted by Gasteiger charge is 2.32. The molecule has 1 saturated heterocycles. The van der Waals surface area contributed by atoms with Crippen LogP contribution in [-0.4, -0.2) is 39.8 Å². The Balaban J connectivity index is 2.03. The molecule has 1 aliphatic rings. The van der Waals surface area contributed by atoms with Gasteiger partial charge in [0.25, 0.3) is 0 Å². The summed E-state index contributed by atoms with van der Waals surface area (Å²) in [6.45, 7) is 9.40. The fraction of sp³-hybridized carbons (Fsp3) is 0.538. The molecule has 5 heteroatoms. The van der Waals surface area contributed by atoms with Crippen LogP contribution < -0.4 is 10.2 Å². The van der Waals surface area contributed by atoms with Gasteiger partial charge in [0.15, 0.2) is 5.65 Å². The molecule has 1 aliphatic heterocycles. The predicted octanol–water partition coefficient (Wildman–Crippen LogP) is 1.23. The molecule has 0 aromatic carbocycles. The Bertz CT molecular complexity index is 572. The van der Waals surface area contributed by atoms with Gasteiger partial charge in [0.05, 0.1) is 0 Å². The monoisotopic (exact) mass is 245 g/mol. The molecule has 0 aliphatic carbocycles. The molecule has 0 saturated carbocycles. The van der Waals surface area contributed by atoms with Crippen molar-refractivity contribution in [2.24, 2.45) is 0 Å². The number of nitrogens with one attached hydrogen (secondary N) is 1. The van der Waals surface area contributed by atoms with E-state index in [1.54, 1.807) is 0 Å². The van der Waals surface area contributed by atoms with Gasteiger partial charge in [-0.15, -0.1) is 5.10 Å². The Hall–Kier alpha value is -1.62. The van der Waals surface area contributed by atoms with Crippen molar-refractivity contribution in [1.82, 2.24) is 19.9 Å². The molecule has 18 heavy (non-hydrogen) atoms. The Kier molecular flexibility index (Phi) is 2.52. The molecule has 1 fully saturated rings. The molecule has 0 unspecified atom stereocenters. The van der Waals surface area contributed by atoms with Crippen LogP contribution in [0.5, 0.6) is 0 Å². The number of piperazine rings is 1. The lowest BCUT2D eigenvalue weighted by atomic mass is 10.0. The summed E-state index contributed by atoms with van der Waals surface area (Å²) in [7, 11) is 0. The molecule has 0 spiro atoms. The molecule has 3 heterocycles. The van der Waals surface area contributed by atoms with Crippen molar-refractivity contribution in [1.29, 1.82) is 0 Å². The van der Waals surface area contributed by atoms with Gasteiger partial charge in [-0.25, -0.2) is 4.52 Å². The summed E-state index contributed by atoms with van der Waals surface area (Å²) >= 11 is 0.